The van der Waals surface area contributed by atoms with E-state index in [1.807, 2.05) is 18.3 Å². The Kier molecular flexibility index (Phi) is 1.97. The van der Waals surface area contributed by atoms with Crippen LogP contribution in [0.2, 0.25) is 0 Å². The zero-order chi connectivity index (χ0) is 10.3. The molecule has 2 atom stereocenters. The number of fused-ring (bicyclic) bond motifs is 1. The largest absolute Gasteiger partial charge is 0.391 e. The van der Waals surface area contributed by atoms with Crippen LogP contribution >= 0.6 is 0 Å². The molecule has 2 unspecified atom stereocenters. The second-order valence-electron chi connectivity index (χ2n) is 3.93. The van der Waals surface area contributed by atoms with Gasteiger partial charge in [-0.1, -0.05) is 0 Å². The number of nitrogens with one attached hydrogen (secondary N) is 2. The summed E-state index contributed by atoms with van der Waals surface area (Å²) in [4.78, 5) is 7.36. The summed E-state index contributed by atoms with van der Waals surface area (Å²) >= 11 is 0. The molecule has 78 valence electrons. The Morgan fingerprint density at radius 2 is 2.40 bits per heavy atom. The van der Waals surface area contributed by atoms with Gasteiger partial charge in [0.2, 0.25) is 0 Å². The molecule has 0 aromatic carbocycles. The maximum Gasteiger partial charge on any atom is 0.137 e. The van der Waals surface area contributed by atoms with Crippen molar-refractivity contribution >= 4 is 11.0 Å². The lowest BCUT2D eigenvalue weighted by atomic mass is 10.0. The Bertz CT molecular complexity index is 479. The average molecular weight is 203 g/mol. The molecule has 0 bridgehead atoms. The number of aromatic nitrogens is 2. The molecule has 0 saturated carbocycles. The molecule has 0 radical (unpaired) electrons. The van der Waals surface area contributed by atoms with Gasteiger partial charge in [-0.2, -0.15) is 0 Å². The molecule has 2 aromatic rings. The number of hydrogen-bond donors (Lipinski definition) is 3. The van der Waals surface area contributed by atoms with E-state index in [2.05, 4.69) is 15.3 Å². The van der Waals surface area contributed by atoms with Crippen molar-refractivity contribution in [1.29, 1.82) is 0 Å². The molecule has 0 spiro atoms. The Morgan fingerprint density at radius 3 is 3.20 bits per heavy atom. The van der Waals surface area contributed by atoms with E-state index in [0.29, 0.717) is 0 Å². The van der Waals surface area contributed by atoms with Gasteiger partial charge in [-0.3, -0.25) is 0 Å². The molecule has 0 aliphatic carbocycles. The maximum atomic E-state index is 9.82. The third kappa shape index (κ3) is 1.33. The molecule has 4 heteroatoms. The van der Waals surface area contributed by atoms with Gasteiger partial charge in [-0.25, -0.2) is 4.98 Å². The fourth-order valence-corrected chi connectivity index (χ4v) is 2.24. The van der Waals surface area contributed by atoms with Crippen molar-refractivity contribution in [2.45, 2.75) is 18.6 Å². The minimum Gasteiger partial charge on any atom is -0.391 e. The minimum atomic E-state index is -0.288. The summed E-state index contributed by atoms with van der Waals surface area (Å²) in [7, 11) is 0. The number of hydrogen-bond acceptors (Lipinski definition) is 3. The van der Waals surface area contributed by atoms with Crippen LogP contribution in [0, 0.1) is 0 Å². The Hall–Kier alpha value is -1.39. The van der Waals surface area contributed by atoms with E-state index in [1.165, 1.54) is 0 Å². The Morgan fingerprint density at radius 1 is 1.47 bits per heavy atom. The van der Waals surface area contributed by atoms with Crippen molar-refractivity contribution in [3.63, 3.8) is 0 Å². The lowest BCUT2D eigenvalue weighted by Crippen LogP contribution is -2.20. The van der Waals surface area contributed by atoms with E-state index < -0.39 is 0 Å². The first-order chi connectivity index (χ1) is 7.36. The molecule has 3 rings (SSSR count). The molecular formula is C11H13N3O. The van der Waals surface area contributed by atoms with Crippen molar-refractivity contribution in [3.8, 4) is 0 Å². The van der Waals surface area contributed by atoms with E-state index in [9.17, 15) is 5.11 Å². The van der Waals surface area contributed by atoms with Crippen LogP contribution in [0.5, 0.6) is 0 Å². The van der Waals surface area contributed by atoms with E-state index in [1.54, 1.807) is 6.20 Å². The highest BCUT2D eigenvalue weighted by molar-refractivity contribution is 5.80. The van der Waals surface area contributed by atoms with Gasteiger partial charge in [0.15, 0.2) is 0 Å². The number of aliphatic hydroxyl groups is 1. The van der Waals surface area contributed by atoms with Gasteiger partial charge < -0.3 is 15.4 Å². The highest BCUT2D eigenvalue weighted by Gasteiger charge is 2.28. The molecule has 2 aromatic heterocycles. The zero-order valence-electron chi connectivity index (χ0n) is 8.27. The predicted octanol–water partition coefficient (Wildman–Crippen LogP) is 0.958. The zero-order valence-corrected chi connectivity index (χ0v) is 8.27. The molecule has 4 nitrogen and oxygen atoms in total. The van der Waals surface area contributed by atoms with Gasteiger partial charge >= 0.3 is 0 Å². The van der Waals surface area contributed by atoms with E-state index in [0.717, 1.165) is 29.6 Å². The highest BCUT2D eigenvalue weighted by Crippen LogP contribution is 2.28. The smallest absolute Gasteiger partial charge is 0.137 e. The molecule has 1 aliphatic heterocycles. The van der Waals surface area contributed by atoms with Gasteiger partial charge in [0, 0.05) is 17.8 Å². The highest BCUT2D eigenvalue weighted by atomic mass is 16.3. The lowest BCUT2D eigenvalue weighted by molar-refractivity contribution is 0.160. The van der Waals surface area contributed by atoms with Crippen molar-refractivity contribution < 1.29 is 5.11 Å². The third-order valence-electron chi connectivity index (χ3n) is 3.01. The first-order valence-corrected chi connectivity index (χ1v) is 5.20. The summed E-state index contributed by atoms with van der Waals surface area (Å²) < 4.78 is 0. The summed E-state index contributed by atoms with van der Waals surface area (Å²) in [6, 6.07) is 3.99. The van der Waals surface area contributed by atoms with Crippen LogP contribution in [0.25, 0.3) is 11.0 Å². The number of H-pyrrole nitrogens is 1. The van der Waals surface area contributed by atoms with Crippen molar-refractivity contribution in [2.75, 3.05) is 6.54 Å². The predicted molar refractivity (Wildman–Crippen MR) is 57.5 cm³/mol. The summed E-state index contributed by atoms with van der Waals surface area (Å²) in [5.41, 5.74) is 2.00. The molecule has 1 saturated heterocycles. The topological polar surface area (TPSA) is 60.9 Å². The summed E-state index contributed by atoms with van der Waals surface area (Å²) in [6.45, 7) is 0.874. The molecule has 3 heterocycles. The minimum absolute atomic E-state index is 0.0444. The van der Waals surface area contributed by atoms with Gasteiger partial charge in [-0.15, -0.1) is 0 Å². The molecule has 0 amide bonds. The van der Waals surface area contributed by atoms with E-state index >= 15 is 0 Å². The van der Waals surface area contributed by atoms with E-state index in [-0.39, 0.29) is 12.1 Å². The monoisotopic (exact) mass is 203 g/mol. The van der Waals surface area contributed by atoms with Crippen molar-refractivity contribution in [2.24, 2.45) is 0 Å². The molecular weight excluding hydrogens is 190 g/mol. The van der Waals surface area contributed by atoms with Crippen LogP contribution < -0.4 is 5.32 Å². The lowest BCUT2D eigenvalue weighted by Gasteiger charge is -2.13. The fourth-order valence-electron chi connectivity index (χ4n) is 2.24. The van der Waals surface area contributed by atoms with Gasteiger partial charge in [-0.05, 0) is 30.7 Å². The first-order valence-electron chi connectivity index (χ1n) is 5.20. The average Bonchev–Trinajstić information content (AvgIpc) is 2.83. The van der Waals surface area contributed by atoms with Crippen LogP contribution in [0.15, 0.2) is 24.5 Å². The Labute approximate surface area is 87.3 Å². The van der Waals surface area contributed by atoms with Crippen LogP contribution in [-0.2, 0) is 0 Å². The van der Waals surface area contributed by atoms with Crippen molar-refractivity contribution in [3.05, 3.63) is 30.1 Å². The molecule has 1 aliphatic rings. The van der Waals surface area contributed by atoms with Gasteiger partial charge in [0.25, 0.3) is 0 Å². The number of rotatable bonds is 1. The maximum absolute atomic E-state index is 9.82. The molecule has 3 N–H and O–H groups in total. The molecule has 1 fully saturated rings. The molecule has 15 heavy (non-hydrogen) atoms. The third-order valence-corrected chi connectivity index (χ3v) is 3.01. The normalized spacial score (nSPS) is 26.2. The summed E-state index contributed by atoms with van der Waals surface area (Å²) in [6.07, 6.45) is 4.23. The van der Waals surface area contributed by atoms with Crippen LogP contribution in [-0.4, -0.2) is 27.7 Å². The standard InChI is InChI=1S/C11H13N3O/c15-9-3-5-12-10(9)8-6-14-11-7(8)2-1-4-13-11/h1-2,4,6,9-10,12,15H,3,5H2,(H,13,14). The quantitative estimate of drug-likeness (QED) is 0.647. The van der Waals surface area contributed by atoms with Crippen LogP contribution in [0.1, 0.15) is 18.0 Å². The summed E-state index contributed by atoms with van der Waals surface area (Å²) in [5, 5.41) is 14.2. The number of aliphatic hydroxyl groups excluding tert-OH is 1. The fraction of sp³-hybridized carbons (Fsp3) is 0.364. The first kappa shape index (κ1) is 8.88. The number of aromatic amines is 1. The second-order valence-corrected chi connectivity index (χ2v) is 3.93. The summed E-state index contributed by atoms with van der Waals surface area (Å²) in [5.74, 6) is 0. The number of pyridine rings is 1. The van der Waals surface area contributed by atoms with E-state index in [4.69, 9.17) is 0 Å². The second kappa shape index (κ2) is 3.32. The van der Waals surface area contributed by atoms with Gasteiger partial charge in [0.1, 0.15) is 5.65 Å². The van der Waals surface area contributed by atoms with Gasteiger partial charge in [0.05, 0.1) is 12.1 Å². The van der Waals surface area contributed by atoms with Crippen LogP contribution in [0.4, 0.5) is 0 Å². The Balaban J connectivity index is 2.10. The van der Waals surface area contributed by atoms with Crippen LogP contribution in [0.3, 0.4) is 0 Å². The SMILES string of the molecule is OC1CCNC1c1c[nH]c2ncccc12. The number of nitrogens with zero attached hydrogens (tertiary/aromatic N) is 1. The van der Waals surface area contributed by atoms with Crippen molar-refractivity contribution in [1.82, 2.24) is 15.3 Å².